The summed E-state index contributed by atoms with van der Waals surface area (Å²) in [6, 6.07) is 24.2. The van der Waals surface area contributed by atoms with Gasteiger partial charge in [0.1, 0.15) is 35.9 Å². The van der Waals surface area contributed by atoms with Crippen molar-refractivity contribution in [3.05, 3.63) is 108 Å². The lowest BCUT2D eigenvalue weighted by Gasteiger charge is -2.64. The highest BCUT2D eigenvalue weighted by molar-refractivity contribution is 5.91. The van der Waals surface area contributed by atoms with Crippen molar-refractivity contribution < 1.29 is 61.9 Å². The molecule has 2 aliphatic carbocycles. The van der Waals surface area contributed by atoms with Gasteiger partial charge in [-0.15, -0.1) is 0 Å². The second-order valence-electron chi connectivity index (χ2n) is 14.8. The maximum atomic E-state index is 14.3. The van der Waals surface area contributed by atoms with Crippen molar-refractivity contribution in [3.8, 4) is 0 Å². The van der Waals surface area contributed by atoms with Gasteiger partial charge < -0.3 is 33.2 Å². The fraction of sp³-hybridized carbons (Fsp3) is 0.429. The van der Waals surface area contributed by atoms with Crippen LogP contribution in [0.1, 0.15) is 79.0 Å². The Balaban J connectivity index is 1.67. The molecule has 9 unspecified atom stereocenters. The first-order valence-corrected chi connectivity index (χ1v) is 18.1. The Morgan fingerprint density at radius 2 is 1.05 bits per heavy atom. The van der Waals surface area contributed by atoms with Crippen molar-refractivity contribution >= 4 is 35.8 Å². The first-order chi connectivity index (χ1) is 26.1. The van der Waals surface area contributed by atoms with E-state index in [2.05, 4.69) is 0 Å². The van der Waals surface area contributed by atoms with Gasteiger partial charge in [-0.2, -0.15) is 0 Å². The van der Waals surface area contributed by atoms with Gasteiger partial charge in [0, 0.05) is 20.8 Å². The Morgan fingerprint density at radius 3 is 1.55 bits per heavy atom. The standard InChI is InChI=1S/C42H44O13/c1-24-22-31(50-25(2)43)34(51-26(3)44)41(23-49-37(46)28-16-10-7-11-17-28)36(54-39(48)30-20-14-9-15-21-30)33(53-38(47)29-18-12-8-13-19-29)32-35(52-27(4)45)42(24,41)55-40(32,5)6/h7-21,24,31-36H,22-23H2,1-6H3. The molecule has 1 spiro atoms. The molecular weight excluding hydrogens is 712 g/mol. The molecule has 9 atom stereocenters. The number of carbonyl (C=O) groups excluding carboxylic acids is 6. The average Bonchev–Trinajstić information content (AvgIpc) is 3.34. The number of hydrogen-bond acceptors (Lipinski definition) is 13. The molecule has 1 saturated heterocycles. The van der Waals surface area contributed by atoms with E-state index in [0.717, 1.165) is 6.92 Å². The molecular formula is C42H44O13. The minimum absolute atomic E-state index is 0.0142. The number of carbonyl (C=O) groups is 6. The van der Waals surface area contributed by atoms with Crippen LogP contribution in [0.25, 0.3) is 0 Å². The van der Waals surface area contributed by atoms with Crippen LogP contribution >= 0.6 is 0 Å². The highest BCUT2D eigenvalue weighted by Crippen LogP contribution is 2.68. The summed E-state index contributed by atoms with van der Waals surface area (Å²) in [5, 5.41) is 0. The first kappa shape index (κ1) is 39.1. The maximum absolute atomic E-state index is 14.3. The van der Waals surface area contributed by atoms with E-state index in [0.29, 0.717) is 0 Å². The summed E-state index contributed by atoms with van der Waals surface area (Å²) in [5.74, 6) is -6.48. The fourth-order valence-electron chi connectivity index (χ4n) is 9.00. The SMILES string of the molecule is CC(=O)OC1CC(C)C23OC(C)(C)C(C(OC(=O)c4ccccc4)C(OC(=O)c4ccccc4)C2(COC(=O)c2ccccc2)C1OC(C)=O)C3OC(C)=O. The Morgan fingerprint density at radius 1 is 0.600 bits per heavy atom. The number of rotatable bonds is 10. The summed E-state index contributed by atoms with van der Waals surface area (Å²) in [6.07, 6.45) is -7.25. The van der Waals surface area contributed by atoms with Crippen molar-refractivity contribution in [2.45, 2.75) is 89.7 Å². The molecule has 0 amide bonds. The summed E-state index contributed by atoms with van der Waals surface area (Å²) in [7, 11) is 0. The largest absolute Gasteiger partial charge is 0.461 e. The summed E-state index contributed by atoms with van der Waals surface area (Å²) >= 11 is 0. The van der Waals surface area contributed by atoms with E-state index in [4.69, 9.17) is 33.2 Å². The molecule has 0 aromatic heterocycles. The van der Waals surface area contributed by atoms with Gasteiger partial charge in [-0.25, -0.2) is 14.4 Å². The van der Waals surface area contributed by atoms with Crippen molar-refractivity contribution in [1.29, 1.82) is 0 Å². The Labute approximate surface area is 318 Å². The van der Waals surface area contributed by atoms with Gasteiger partial charge in [0.25, 0.3) is 0 Å². The fourth-order valence-corrected chi connectivity index (χ4v) is 9.00. The average molecular weight is 757 g/mol. The van der Waals surface area contributed by atoms with E-state index < -0.39 is 101 Å². The third-order valence-electron chi connectivity index (χ3n) is 10.9. The van der Waals surface area contributed by atoms with Gasteiger partial charge in [-0.1, -0.05) is 61.5 Å². The zero-order chi connectivity index (χ0) is 39.7. The van der Waals surface area contributed by atoms with E-state index >= 15 is 0 Å². The van der Waals surface area contributed by atoms with Crippen LogP contribution in [0.3, 0.4) is 0 Å². The third kappa shape index (κ3) is 7.08. The van der Waals surface area contributed by atoms with Gasteiger partial charge in [0.15, 0.2) is 12.2 Å². The van der Waals surface area contributed by atoms with Crippen molar-refractivity contribution in [3.63, 3.8) is 0 Å². The van der Waals surface area contributed by atoms with Crippen LogP contribution < -0.4 is 0 Å². The molecule has 55 heavy (non-hydrogen) atoms. The van der Waals surface area contributed by atoms with Crippen LogP contribution in [0.2, 0.25) is 0 Å². The summed E-state index contributed by atoms with van der Waals surface area (Å²) < 4.78 is 44.4. The zero-order valence-electron chi connectivity index (χ0n) is 31.4. The second-order valence-corrected chi connectivity index (χ2v) is 14.8. The molecule has 3 aliphatic rings. The molecule has 6 rings (SSSR count). The molecule has 0 N–H and O–H groups in total. The predicted octanol–water partition coefficient (Wildman–Crippen LogP) is 5.29. The van der Waals surface area contributed by atoms with Crippen molar-refractivity contribution in [2.24, 2.45) is 17.3 Å². The molecule has 3 aromatic rings. The predicted molar refractivity (Wildman–Crippen MR) is 192 cm³/mol. The molecule has 0 radical (unpaired) electrons. The molecule has 1 aliphatic heterocycles. The molecule has 3 fully saturated rings. The van der Waals surface area contributed by atoms with Crippen LogP contribution in [0, 0.1) is 17.3 Å². The van der Waals surface area contributed by atoms with E-state index in [1.54, 1.807) is 87.5 Å². The second kappa shape index (κ2) is 15.3. The van der Waals surface area contributed by atoms with Crippen LogP contribution in [0.15, 0.2) is 91.0 Å². The quantitative estimate of drug-likeness (QED) is 0.194. The minimum Gasteiger partial charge on any atom is -0.461 e. The van der Waals surface area contributed by atoms with Crippen LogP contribution in [0.5, 0.6) is 0 Å². The molecule has 3 aromatic carbocycles. The third-order valence-corrected chi connectivity index (χ3v) is 10.9. The highest BCUT2D eigenvalue weighted by atomic mass is 16.6. The van der Waals surface area contributed by atoms with Crippen molar-refractivity contribution in [2.75, 3.05) is 6.61 Å². The summed E-state index contributed by atoms with van der Waals surface area (Å²) in [6.45, 7) is 8.05. The first-order valence-electron chi connectivity index (χ1n) is 18.1. The number of esters is 6. The number of ether oxygens (including phenoxy) is 7. The molecule has 13 heteroatoms. The maximum Gasteiger partial charge on any atom is 0.338 e. The lowest BCUT2D eigenvalue weighted by molar-refractivity contribution is -0.327. The summed E-state index contributed by atoms with van der Waals surface area (Å²) in [4.78, 5) is 81.4. The molecule has 1 heterocycles. The molecule has 13 nitrogen and oxygen atoms in total. The van der Waals surface area contributed by atoms with E-state index in [-0.39, 0.29) is 23.1 Å². The monoisotopic (exact) mass is 756 g/mol. The van der Waals surface area contributed by atoms with Crippen LogP contribution in [0.4, 0.5) is 0 Å². The van der Waals surface area contributed by atoms with Gasteiger partial charge in [-0.05, 0) is 62.6 Å². The van der Waals surface area contributed by atoms with E-state index in [9.17, 15) is 28.8 Å². The zero-order valence-corrected chi connectivity index (χ0v) is 31.4. The normalized spacial score (nSPS) is 30.1. The van der Waals surface area contributed by atoms with E-state index in [1.165, 1.54) is 38.1 Å². The minimum atomic E-state index is -2.09. The topological polar surface area (TPSA) is 167 Å². The lowest BCUT2D eigenvalue weighted by Crippen LogP contribution is -2.81. The Kier molecular flexibility index (Phi) is 10.9. The Hall–Kier alpha value is -5.56. The van der Waals surface area contributed by atoms with Crippen LogP contribution in [-0.2, 0) is 47.5 Å². The van der Waals surface area contributed by atoms with Gasteiger partial charge >= 0.3 is 35.8 Å². The van der Waals surface area contributed by atoms with Gasteiger partial charge in [0.05, 0.1) is 28.2 Å². The molecule has 2 saturated carbocycles. The van der Waals surface area contributed by atoms with Gasteiger partial charge in [0.2, 0.25) is 0 Å². The Bertz CT molecular complexity index is 1930. The van der Waals surface area contributed by atoms with Crippen LogP contribution in [-0.4, -0.2) is 84.1 Å². The highest BCUT2D eigenvalue weighted by Gasteiger charge is 2.86. The van der Waals surface area contributed by atoms with Crippen molar-refractivity contribution in [1.82, 2.24) is 0 Å². The number of hydrogen-bond donors (Lipinski definition) is 0. The molecule has 2 bridgehead atoms. The number of benzene rings is 3. The molecule has 290 valence electrons. The summed E-state index contributed by atoms with van der Waals surface area (Å²) in [5.41, 5.74) is -4.74. The van der Waals surface area contributed by atoms with E-state index in [1.807, 2.05) is 0 Å². The smallest absolute Gasteiger partial charge is 0.338 e. The lowest BCUT2D eigenvalue weighted by atomic mass is 9.47. The number of fused-ring (bicyclic) bond motifs is 1. The van der Waals surface area contributed by atoms with Gasteiger partial charge in [-0.3, -0.25) is 14.4 Å².